The predicted molar refractivity (Wildman–Crippen MR) is 55.8 cm³/mol. The van der Waals surface area contributed by atoms with Crippen LogP contribution in [0.15, 0.2) is 24.3 Å². The van der Waals surface area contributed by atoms with Crippen molar-refractivity contribution >= 4 is 9.84 Å². The molecule has 3 nitrogen and oxygen atoms in total. The summed E-state index contributed by atoms with van der Waals surface area (Å²) < 4.78 is 35.0. The van der Waals surface area contributed by atoms with Crippen LogP contribution in [-0.4, -0.2) is 26.5 Å². The molecule has 15 heavy (non-hydrogen) atoms. The zero-order chi connectivity index (χ0) is 11.1. The third-order valence-corrected chi connectivity index (χ3v) is 4.82. The first-order chi connectivity index (χ1) is 6.97. The monoisotopic (exact) mass is 229 g/mol. The Morgan fingerprint density at radius 1 is 1.27 bits per heavy atom. The number of sulfone groups is 1. The van der Waals surface area contributed by atoms with Crippen LogP contribution in [0.25, 0.3) is 0 Å². The molecule has 2 rings (SSSR count). The highest BCUT2D eigenvalue weighted by atomic mass is 32.2. The molecule has 0 saturated carbocycles. The van der Waals surface area contributed by atoms with E-state index in [1.54, 1.807) is 12.1 Å². The standard InChI is InChI=1S/C10H12FNO2S/c11-9-3-1-8(2-4-9)10(5-12)6-15(13,14)7-10/h1-4H,5-7,12H2. The fourth-order valence-electron chi connectivity index (χ4n) is 2.01. The van der Waals surface area contributed by atoms with Crippen LogP contribution < -0.4 is 5.73 Å². The topological polar surface area (TPSA) is 60.2 Å². The molecule has 2 N–H and O–H groups in total. The summed E-state index contributed by atoms with van der Waals surface area (Å²) in [6.45, 7) is 0.276. The number of nitrogens with two attached hydrogens (primary N) is 1. The second-order valence-corrected chi connectivity index (χ2v) is 6.09. The van der Waals surface area contributed by atoms with E-state index in [9.17, 15) is 12.8 Å². The van der Waals surface area contributed by atoms with Crippen molar-refractivity contribution in [3.05, 3.63) is 35.6 Å². The Labute approximate surface area is 88.0 Å². The number of benzene rings is 1. The van der Waals surface area contributed by atoms with Gasteiger partial charge < -0.3 is 5.73 Å². The number of hydrogen-bond donors (Lipinski definition) is 1. The van der Waals surface area contributed by atoms with E-state index in [4.69, 9.17) is 5.73 Å². The SMILES string of the molecule is NCC1(c2ccc(F)cc2)CS(=O)(=O)C1. The van der Waals surface area contributed by atoms with Crippen molar-refractivity contribution in [3.8, 4) is 0 Å². The van der Waals surface area contributed by atoms with Gasteiger partial charge in [0.15, 0.2) is 9.84 Å². The van der Waals surface area contributed by atoms with Gasteiger partial charge >= 0.3 is 0 Å². The molecule has 1 aromatic rings. The Balaban J connectivity index is 2.33. The molecule has 1 aliphatic heterocycles. The molecule has 1 fully saturated rings. The highest BCUT2D eigenvalue weighted by molar-refractivity contribution is 7.93. The maximum Gasteiger partial charge on any atom is 0.152 e. The summed E-state index contributed by atoms with van der Waals surface area (Å²) in [5.41, 5.74) is 5.91. The summed E-state index contributed by atoms with van der Waals surface area (Å²) in [5, 5.41) is 0. The molecule has 0 spiro atoms. The van der Waals surface area contributed by atoms with E-state index < -0.39 is 15.3 Å². The fourth-order valence-corrected chi connectivity index (χ4v) is 4.17. The minimum absolute atomic E-state index is 0.0716. The van der Waals surface area contributed by atoms with Crippen LogP contribution in [0.2, 0.25) is 0 Å². The summed E-state index contributed by atoms with van der Waals surface area (Å²) in [4.78, 5) is 0. The molecule has 1 heterocycles. The van der Waals surface area contributed by atoms with Crippen LogP contribution in [0.1, 0.15) is 5.56 Å². The smallest absolute Gasteiger partial charge is 0.152 e. The summed E-state index contributed by atoms with van der Waals surface area (Å²) in [6, 6.07) is 5.88. The average molecular weight is 229 g/mol. The molecular weight excluding hydrogens is 217 g/mol. The Kier molecular flexibility index (Phi) is 2.31. The van der Waals surface area contributed by atoms with Crippen LogP contribution in [0.4, 0.5) is 4.39 Å². The highest BCUT2D eigenvalue weighted by Gasteiger charge is 2.48. The van der Waals surface area contributed by atoms with Gasteiger partial charge in [0.25, 0.3) is 0 Å². The van der Waals surface area contributed by atoms with Crippen molar-refractivity contribution < 1.29 is 12.8 Å². The van der Waals surface area contributed by atoms with Crippen LogP contribution in [0.3, 0.4) is 0 Å². The molecular formula is C10H12FNO2S. The molecule has 0 aromatic heterocycles. The van der Waals surface area contributed by atoms with E-state index in [1.807, 2.05) is 0 Å². The third-order valence-electron chi connectivity index (χ3n) is 2.84. The number of hydrogen-bond acceptors (Lipinski definition) is 3. The van der Waals surface area contributed by atoms with Gasteiger partial charge in [-0.25, -0.2) is 12.8 Å². The van der Waals surface area contributed by atoms with Crippen LogP contribution in [-0.2, 0) is 15.3 Å². The van der Waals surface area contributed by atoms with Crippen LogP contribution >= 0.6 is 0 Å². The average Bonchev–Trinajstić information content (AvgIpc) is 2.14. The minimum atomic E-state index is -2.93. The van der Waals surface area contributed by atoms with Crippen molar-refractivity contribution in [2.75, 3.05) is 18.1 Å². The Morgan fingerprint density at radius 2 is 1.80 bits per heavy atom. The second kappa shape index (κ2) is 3.28. The molecule has 1 saturated heterocycles. The third kappa shape index (κ3) is 1.77. The van der Waals surface area contributed by atoms with Gasteiger partial charge in [0, 0.05) is 12.0 Å². The first-order valence-corrected chi connectivity index (χ1v) is 6.46. The summed E-state index contributed by atoms with van der Waals surface area (Å²) in [7, 11) is -2.93. The zero-order valence-electron chi connectivity index (χ0n) is 8.11. The molecule has 0 aliphatic carbocycles. The lowest BCUT2D eigenvalue weighted by Gasteiger charge is -2.40. The van der Waals surface area contributed by atoms with Gasteiger partial charge in [0.2, 0.25) is 0 Å². The van der Waals surface area contributed by atoms with Gasteiger partial charge in [0.1, 0.15) is 5.82 Å². The summed E-state index contributed by atoms with van der Waals surface area (Å²) in [5.74, 6) is -0.183. The van der Waals surface area contributed by atoms with E-state index in [0.29, 0.717) is 0 Å². The molecule has 1 aromatic carbocycles. The van der Waals surface area contributed by atoms with Crippen molar-refractivity contribution in [2.24, 2.45) is 5.73 Å². The first kappa shape index (κ1) is 10.6. The highest BCUT2D eigenvalue weighted by Crippen LogP contribution is 2.35. The molecule has 5 heteroatoms. The van der Waals surface area contributed by atoms with E-state index in [2.05, 4.69) is 0 Å². The lowest BCUT2D eigenvalue weighted by molar-refractivity contribution is 0.464. The lowest BCUT2D eigenvalue weighted by Crippen LogP contribution is -2.56. The molecule has 0 bridgehead atoms. The van der Waals surface area contributed by atoms with Gasteiger partial charge in [0.05, 0.1) is 11.5 Å². The van der Waals surface area contributed by atoms with E-state index in [0.717, 1.165) is 5.56 Å². The first-order valence-electron chi connectivity index (χ1n) is 4.64. The molecule has 0 amide bonds. The Morgan fingerprint density at radius 3 is 2.20 bits per heavy atom. The summed E-state index contributed by atoms with van der Waals surface area (Å²) in [6.07, 6.45) is 0. The van der Waals surface area contributed by atoms with Gasteiger partial charge in [-0.05, 0) is 17.7 Å². The Bertz CT molecular complexity index is 455. The maximum atomic E-state index is 12.7. The second-order valence-electron chi connectivity index (χ2n) is 4.02. The minimum Gasteiger partial charge on any atom is -0.330 e. The van der Waals surface area contributed by atoms with Gasteiger partial charge in [-0.15, -0.1) is 0 Å². The van der Waals surface area contributed by atoms with E-state index >= 15 is 0 Å². The largest absolute Gasteiger partial charge is 0.330 e. The molecule has 82 valence electrons. The normalized spacial score (nSPS) is 22.0. The van der Waals surface area contributed by atoms with Crippen molar-refractivity contribution in [1.29, 1.82) is 0 Å². The fraction of sp³-hybridized carbons (Fsp3) is 0.400. The van der Waals surface area contributed by atoms with Crippen molar-refractivity contribution in [1.82, 2.24) is 0 Å². The van der Waals surface area contributed by atoms with E-state index in [-0.39, 0.29) is 23.9 Å². The van der Waals surface area contributed by atoms with Gasteiger partial charge in [-0.3, -0.25) is 0 Å². The van der Waals surface area contributed by atoms with Crippen molar-refractivity contribution in [3.63, 3.8) is 0 Å². The zero-order valence-corrected chi connectivity index (χ0v) is 8.93. The van der Waals surface area contributed by atoms with Crippen LogP contribution in [0.5, 0.6) is 0 Å². The molecule has 0 unspecified atom stereocenters. The van der Waals surface area contributed by atoms with Gasteiger partial charge in [-0.2, -0.15) is 0 Å². The molecule has 0 radical (unpaired) electrons. The predicted octanol–water partition coefficient (Wildman–Crippen LogP) is 0.451. The molecule has 0 atom stereocenters. The Hall–Kier alpha value is -0.940. The quantitative estimate of drug-likeness (QED) is 0.801. The van der Waals surface area contributed by atoms with Gasteiger partial charge in [-0.1, -0.05) is 12.1 Å². The lowest BCUT2D eigenvalue weighted by atomic mass is 9.83. The number of halogens is 1. The summed E-state index contributed by atoms with van der Waals surface area (Å²) >= 11 is 0. The molecule has 1 aliphatic rings. The number of rotatable bonds is 2. The van der Waals surface area contributed by atoms with Crippen molar-refractivity contribution in [2.45, 2.75) is 5.41 Å². The van der Waals surface area contributed by atoms with Crippen LogP contribution in [0, 0.1) is 5.82 Å². The van der Waals surface area contributed by atoms with E-state index in [1.165, 1.54) is 12.1 Å². The maximum absolute atomic E-state index is 12.7.